The third-order valence-corrected chi connectivity index (χ3v) is 7.02. The summed E-state index contributed by atoms with van der Waals surface area (Å²) in [5, 5.41) is 0. The van der Waals surface area contributed by atoms with Crippen LogP contribution in [-0.4, -0.2) is 12.1 Å². The Hall–Kier alpha value is -0.830. The maximum Gasteiger partial charge on any atom is 0.334 e. The van der Waals surface area contributed by atoms with Gasteiger partial charge in [-0.15, -0.1) is 0 Å². The standard InChI is InChI=1S/C20H27BrO2/c1-13(6-7-16-11-14(2)19(22)23-16)17-8-9-18-15(12-21)5-4-10-20(17,18)3/h6-7,12-13,16-18H,2,4-5,8-11H2,1,3H3/b7-6+,15-12+/t13-,16?,17-,18+,20-/m1/s1. The summed E-state index contributed by atoms with van der Waals surface area (Å²) in [6.07, 6.45) is 11.4. The molecule has 2 aliphatic carbocycles. The lowest BCUT2D eigenvalue weighted by Gasteiger charge is -2.43. The third-order valence-electron chi connectivity index (χ3n) is 6.44. The molecule has 0 aromatic heterocycles. The van der Waals surface area contributed by atoms with E-state index in [1.54, 1.807) is 5.57 Å². The zero-order chi connectivity index (χ0) is 16.6. The van der Waals surface area contributed by atoms with Gasteiger partial charge in [-0.25, -0.2) is 4.79 Å². The van der Waals surface area contributed by atoms with Crippen molar-refractivity contribution in [2.24, 2.45) is 23.2 Å². The first kappa shape index (κ1) is 17.0. The van der Waals surface area contributed by atoms with Crippen molar-refractivity contribution in [3.05, 3.63) is 34.9 Å². The molecule has 2 nitrogen and oxygen atoms in total. The van der Waals surface area contributed by atoms with Gasteiger partial charge >= 0.3 is 5.97 Å². The van der Waals surface area contributed by atoms with Crippen LogP contribution in [0.1, 0.15) is 52.4 Å². The highest BCUT2D eigenvalue weighted by Crippen LogP contribution is 2.59. The van der Waals surface area contributed by atoms with E-state index in [0.717, 1.165) is 5.92 Å². The van der Waals surface area contributed by atoms with Crippen LogP contribution < -0.4 is 0 Å². The van der Waals surface area contributed by atoms with E-state index in [4.69, 9.17) is 4.74 Å². The summed E-state index contributed by atoms with van der Waals surface area (Å²) in [7, 11) is 0. The molecule has 5 atom stereocenters. The minimum Gasteiger partial charge on any atom is -0.454 e. The number of hydrogen-bond donors (Lipinski definition) is 0. The number of fused-ring (bicyclic) bond motifs is 1. The van der Waals surface area contributed by atoms with E-state index in [1.165, 1.54) is 32.1 Å². The summed E-state index contributed by atoms with van der Waals surface area (Å²) >= 11 is 3.58. The lowest BCUT2D eigenvalue weighted by Crippen LogP contribution is -2.35. The average Bonchev–Trinajstić information content (AvgIpc) is 3.04. The highest BCUT2D eigenvalue weighted by molar-refractivity contribution is 9.11. The summed E-state index contributed by atoms with van der Waals surface area (Å²) in [6.45, 7) is 8.57. The zero-order valence-electron chi connectivity index (χ0n) is 14.2. The predicted molar refractivity (Wildman–Crippen MR) is 97.1 cm³/mol. The van der Waals surface area contributed by atoms with Gasteiger partial charge in [-0.05, 0) is 66.3 Å². The van der Waals surface area contributed by atoms with Gasteiger partial charge in [0.1, 0.15) is 6.10 Å². The van der Waals surface area contributed by atoms with Crippen molar-refractivity contribution in [3.8, 4) is 0 Å². The Bertz CT molecular complexity index is 546. The monoisotopic (exact) mass is 378 g/mol. The average molecular weight is 379 g/mol. The molecule has 1 aliphatic heterocycles. The van der Waals surface area contributed by atoms with E-state index >= 15 is 0 Å². The fourth-order valence-electron chi connectivity index (χ4n) is 5.20. The largest absolute Gasteiger partial charge is 0.454 e. The summed E-state index contributed by atoms with van der Waals surface area (Å²) in [6, 6.07) is 0. The van der Waals surface area contributed by atoms with Gasteiger partial charge in [0.15, 0.2) is 0 Å². The molecule has 0 aromatic carbocycles. The first-order valence-electron chi connectivity index (χ1n) is 8.82. The molecule has 0 bridgehead atoms. The summed E-state index contributed by atoms with van der Waals surface area (Å²) in [5.74, 6) is 1.74. The fourth-order valence-corrected chi connectivity index (χ4v) is 5.75. The van der Waals surface area contributed by atoms with Crippen LogP contribution in [0.15, 0.2) is 34.9 Å². The molecule has 1 unspecified atom stereocenters. The summed E-state index contributed by atoms with van der Waals surface area (Å²) in [4.78, 5) is 13.6. The molecule has 1 saturated heterocycles. The molecule has 0 N–H and O–H groups in total. The number of rotatable bonds is 3. The van der Waals surface area contributed by atoms with Crippen LogP contribution in [0.5, 0.6) is 0 Å². The topological polar surface area (TPSA) is 26.3 Å². The van der Waals surface area contributed by atoms with Gasteiger partial charge < -0.3 is 4.74 Å². The Morgan fingerprint density at radius 3 is 2.87 bits per heavy atom. The molecule has 0 spiro atoms. The molecule has 3 rings (SSSR count). The van der Waals surface area contributed by atoms with Gasteiger partial charge in [-0.3, -0.25) is 0 Å². The molecule has 2 saturated carbocycles. The van der Waals surface area contributed by atoms with Crippen LogP contribution in [0, 0.1) is 23.2 Å². The number of allylic oxidation sites excluding steroid dienone is 2. The second kappa shape index (κ2) is 6.58. The molecule has 0 aromatic rings. The number of ether oxygens (including phenoxy) is 1. The predicted octanol–water partition coefficient (Wildman–Crippen LogP) is 5.55. The highest BCUT2D eigenvalue weighted by Gasteiger charge is 2.50. The Labute approximate surface area is 148 Å². The number of carbonyl (C=O) groups is 1. The molecule has 3 aliphatic rings. The van der Waals surface area contributed by atoms with Crippen molar-refractivity contribution in [3.63, 3.8) is 0 Å². The smallest absolute Gasteiger partial charge is 0.334 e. The molecule has 3 heteroatoms. The van der Waals surface area contributed by atoms with Crippen molar-refractivity contribution in [2.45, 2.75) is 58.5 Å². The molecule has 126 valence electrons. The summed E-state index contributed by atoms with van der Waals surface area (Å²) < 4.78 is 5.31. The van der Waals surface area contributed by atoms with Gasteiger partial charge in [-0.1, -0.05) is 48.0 Å². The minimum absolute atomic E-state index is 0.105. The van der Waals surface area contributed by atoms with Crippen LogP contribution in [0.2, 0.25) is 0 Å². The molecule has 1 heterocycles. The van der Waals surface area contributed by atoms with Gasteiger partial charge in [0.2, 0.25) is 0 Å². The van der Waals surface area contributed by atoms with Crippen molar-refractivity contribution < 1.29 is 9.53 Å². The highest BCUT2D eigenvalue weighted by atomic mass is 79.9. The number of hydrogen-bond acceptors (Lipinski definition) is 2. The van der Waals surface area contributed by atoms with Gasteiger partial charge in [0.05, 0.1) is 0 Å². The van der Waals surface area contributed by atoms with E-state index < -0.39 is 0 Å². The van der Waals surface area contributed by atoms with Crippen molar-refractivity contribution >= 4 is 21.9 Å². The van der Waals surface area contributed by atoms with Crippen LogP contribution in [0.25, 0.3) is 0 Å². The molecule has 0 amide bonds. The van der Waals surface area contributed by atoms with E-state index in [9.17, 15) is 4.79 Å². The van der Waals surface area contributed by atoms with Gasteiger partial charge in [0.25, 0.3) is 0 Å². The van der Waals surface area contributed by atoms with E-state index in [2.05, 4.69) is 53.5 Å². The molecule has 23 heavy (non-hydrogen) atoms. The third kappa shape index (κ3) is 3.09. The first-order chi connectivity index (χ1) is 11.0. The second-order valence-electron chi connectivity index (χ2n) is 7.78. The molecular weight excluding hydrogens is 352 g/mol. The minimum atomic E-state index is -0.237. The maximum absolute atomic E-state index is 11.4. The Balaban J connectivity index is 1.69. The normalized spacial score (nSPS) is 40.7. The van der Waals surface area contributed by atoms with E-state index in [-0.39, 0.29) is 12.1 Å². The van der Waals surface area contributed by atoms with Crippen LogP contribution >= 0.6 is 15.9 Å². The molecule has 3 fully saturated rings. The van der Waals surface area contributed by atoms with E-state index in [0.29, 0.717) is 29.2 Å². The maximum atomic E-state index is 11.4. The quantitative estimate of drug-likeness (QED) is 0.365. The van der Waals surface area contributed by atoms with Crippen molar-refractivity contribution in [1.29, 1.82) is 0 Å². The zero-order valence-corrected chi connectivity index (χ0v) is 15.8. The fraction of sp³-hybridized carbons (Fsp3) is 0.650. The number of carbonyl (C=O) groups excluding carboxylic acids is 1. The van der Waals surface area contributed by atoms with Crippen molar-refractivity contribution in [1.82, 2.24) is 0 Å². The van der Waals surface area contributed by atoms with Crippen LogP contribution in [-0.2, 0) is 9.53 Å². The lowest BCUT2D eigenvalue weighted by molar-refractivity contribution is -0.137. The van der Waals surface area contributed by atoms with Gasteiger partial charge in [-0.2, -0.15) is 0 Å². The Morgan fingerprint density at radius 2 is 2.22 bits per heavy atom. The van der Waals surface area contributed by atoms with E-state index in [1.807, 2.05) is 0 Å². The van der Waals surface area contributed by atoms with Crippen LogP contribution in [0.4, 0.5) is 0 Å². The second-order valence-corrected chi connectivity index (χ2v) is 8.23. The Kier molecular flexibility index (Phi) is 4.87. The number of cyclic esters (lactones) is 1. The molecular formula is C20H27BrO2. The number of esters is 1. The van der Waals surface area contributed by atoms with Gasteiger partial charge in [0, 0.05) is 12.0 Å². The summed E-state index contributed by atoms with van der Waals surface area (Å²) in [5.41, 5.74) is 2.62. The SMILES string of the molecule is C=C1CC(/C=C/[C@@H](C)[C@H]2CC[C@H]3/C(=C/Br)CCC[C@]23C)OC1=O. The van der Waals surface area contributed by atoms with Crippen molar-refractivity contribution in [2.75, 3.05) is 0 Å². The lowest BCUT2D eigenvalue weighted by atomic mass is 9.61. The Morgan fingerprint density at radius 1 is 1.43 bits per heavy atom. The first-order valence-corrected chi connectivity index (χ1v) is 9.73. The molecule has 0 radical (unpaired) electrons. The number of halogens is 1. The van der Waals surface area contributed by atoms with Crippen LogP contribution in [0.3, 0.4) is 0 Å².